The van der Waals surface area contributed by atoms with Crippen LogP contribution < -0.4 is 17.0 Å². The molecule has 0 aliphatic rings. The van der Waals surface area contributed by atoms with Crippen molar-refractivity contribution in [3.63, 3.8) is 0 Å². The van der Waals surface area contributed by atoms with E-state index >= 15 is 0 Å². The van der Waals surface area contributed by atoms with E-state index in [1.54, 1.807) is 12.1 Å². The van der Waals surface area contributed by atoms with Gasteiger partial charge in [0.15, 0.2) is 0 Å². The van der Waals surface area contributed by atoms with Gasteiger partial charge in [-0.2, -0.15) is 0 Å². The quantitative estimate of drug-likeness (QED) is 0.121. The molecule has 1 N–H and O–H groups in total. The van der Waals surface area contributed by atoms with Crippen LogP contribution in [0.15, 0.2) is 110 Å². The fourth-order valence-corrected chi connectivity index (χ4v) is 3.30. The normalized spacial score (nSPS) is 9.74. The molecule has 1 atom stereocenters. The molecular formula is C30H28BrClMgO5. The van der Waals surface area contributed by atoms with Gasteiger partial charge < -0.3 is 34.3 Å². The third-order valence-electron chi connectivity index (χ3n) is 4.90. The molecule has 0 fully saturated rings. The summed E-state index contributed by atoms with van der Waals surface area (Å²) in [6.45, 7) is 8.34. The number of hydrogen-bond donors (Lipinski definition) is 1. The van der Waals surface area contributed by atoms with Crippen LogP contribution in [0, 0.1) is 7.43 Å². The van der Waals surface area contributed by atoms with Crippen LogP contribution in [0.1, 0.15) is 28.9 Å². The summed E-state index contributed by atoms with van der Waals surface area (Å²) >= 11 is 4.71. The van der Waals surface area contributed by atoms with Crippen molar-refractivity contribution in [2.45, 2.75) is 13.0 Å². The fourth-order valence-electron chi connectivity index (χ4n) is 3.30. The molecule has 0 saturated heterocycles. The monoisotopic (exact) mass is 606 g/mol. The van der Waals surface area contributed by atoms with Crippen molar-refractivity contribution in [2.75, 3.05) is 0 Å². The SMILES string of the molecule is C=CC(=O)Cl.C=CC(=O)OC(C)c1cccc2ccccc12.O=C(O)c1cccc2ccccc12.[Br-].[CH3-].[Mg+2]. The molecule has 4 aromatic carbocycles. The Morgan fingerprint density at radius 2 is 1.26 bits per heavy atom. The van der Waals surface area contributed by atoms with Gasteiger partial charge in [-0.05, 0) is 57.8 Å². The number of carboxylic acids is 1. The first-order valence-corrected chi connectivity index (χ1v) is 11.0. The van der Waals surface area contributed by atoms with Gasteiger partial charge in [0, 0.05) is 6.08 Å². The molecule has 0 aromatic heterocycles. The molecule has 0 amide bonds. The van der Waals surface area contributed by atoms with Gasteiger partial charge in [0.1, 0.15) is 6.10 Å². The number of benzene rings is 4. The number of esters is 1. The molecule has 0 spiro atoms. The third-order valence-corrected chi connectivity index (χ3v) is 5.06. The van der Waals surface area contributed by atoms with Gasteiger partial charge in [0.25, 0.3) is 0 Å². The predicted molar refractivity (Wildman–Crippen MR) is 153 cm³/mol. The first kappa shape index (κ1) is 37.2. The maximum atomic E-state index is 11.2. The van der Waals surface area contributed by atoms with Crippen LogP contribution in [-0.2, 0) is 14.3 Å². The number of carboxylic acid groups (broad SMARTS) is 1. The number of fused-ring (bicyclic) bond motifs is 2. The summed E-state index contributed by atoms with van der Waals surface area (Å²) in [5.74, 6) is -1.28. The van der Waals surface area contributed by atoms with Crippen LogP contribution in [0.2, 0.25) is 0 Å². The summed E-state index contributed by atoms with van der Waals surface area (Å²) in [5, 5.41) is 12.4. The minimum Gasteiger partial charge on any atom is -1.00 e. The predicted octanol–water partition coefficient (Wildman–Crippen LogP) is 4.18. The van der Waals surface area contributed by atoms with Crippen molar-refractivity contribution >= 4 is 73.4 Å². The Kier molecular flexibility index (Phi) is 18.7. The molecule has 0 bridgehead atoms. The van der Waals surface area contributed by atoms with E-state index < -0.39 is 17.2 Å². The van der Waals surface area contributed by atoms with Gasteiger partial charge in [-0.25, -0.2) is 9.59 Å². The summed E-state index contributed by atoms with van der Waals surface area (Å²) in [7, 11) is 0. The third kappa shape index (κ3) is 11.2. The Balaban J connectivity index is 0. The second kappa shape index (κ2) is 19.1. The second-order valence-corrected chi connectivity index (χ2v) is 7.56. The van der Waals surface area contributed by atoms with Crippen LogP contribution in [0.4, 0.5) is 0 Å². The van der Waals surface area contributed by atoms with E-state index in [0.29, 0.717) is 5.56 Å². The van der Waals surface area contributed by atoms with Crippen LogP contribution in [0.5, 0.6) is 0 Å². The Labute approximate surface area is 255 Å². The molecule has 0 aliphatic carbocycles. The largest absolute Gasteiger partial charge is 2.00 e. The van der Waals surface area contributed by atoms with Crippen molar-refractivity contribution in [3.05, 3.63) is 129 Å². The fraction of sp³-hybridized carbons (Fsp3) is 0.0667. The summed E-state index contributed by atoms with van der Waals surface area (Å²) in [4.78, 5) is 31.5. The van der Waals surface area contributed by atoms with Crippen LogP contribution >= 0.6 is 11.6 Å². The van der Waals surface area contributed by atoms with Crippen LogP contribution in [0.3, 0.4) is 0 Å². The molecule has 8 heteroatoms. The van der Waals surface area contributed by atoms with E-state index in [2.05, 4.69) is 13.2 Å². The van der Waals surface area contributed by atoms with Gasteiger partial charge in [-0.15, -0.1) is 0 Å². The summed E-state index contributed by atoms with van der Waals surface area (Å²) < 4.78 is 5.24. The van der Waals surface area contributed by atoms with Crippen LogP contribution in [-0.4, -0.2) is 45.3 Å². The van der Waals surface area contributed by atoms with Gasteiger partial charge in [-0.1, -0.05) is 92.0 Å². The average molecular weight is 608 g/mol. The molecule has 4 aromatic rings. The van der Waals surface area contributed by atoms with Gasteiger partial charge in [0.2, 0.25) is 5.24 Å². The first-order chi connectivity index (χ1) is 16.8. The van der Waals surface area contributed by atoms with Gasteiger partial charge >= 0.3 is 35.0 Å². The Morgan fingerprint density at radius 3 is 1.76 bits per heavy atom. The smallest absolute Gasteiger partial charge is 1.00 e. The Bertz CT molecular complexity index is 1360. The number of ether oxygens (including phenoxy) is 1. The number of carbonyl (C=O) groups excluding carboxylic acids is 2. The molecule has 0 heterocycles. The minimum absolute atomic E-state index is 0. The summed E-state index contributed by atoms with van der Waals surface area (Å²) in [6, 6.07) is 26.8. The maximum absolute atomic E-state index is 11.2. The Morgan fingerprint density at radius 1 is 0.816 bits per heavy atom. The van der Waals surface area contributed by atoms with Crippen LogP contribution in [0.25, 0.3) is 21.5 Å². The number of carbonyl (C=O) groups is 3. The molecule has 5 nitrogen and oxygen atoms in total. The van der Waals surface area contributed by atoms with Gasteiger partial charge in [-0.3, -0.25) is 4.79 Å². The molecule has 1 unspecified atom stereocenters. The zero-order valence-corrected chi connectivity index (χ0v) is 25.0. The molecule has 0 aliphatic heterocycles. The van der Waals surface area contributed by atoms with E-state index in [1.807, 2.05) is 79.7 Å². The number of rotatable bonds is 5. The summed E-state index contributed by atoms with van der Waals surface area (Å²) in [6.07, 6.45) is 1.95. The maximum Gasteiger partial charge on any atom is 2.00 e. The zero-order chi connectivity index (χ0) is 25.8. The molecule has 4 rings (SSSR count). The topological polar surface area (TPSA) is 80.7 Å². The molecule has 0 saturated carbocycles. The van der Waals surface area contributed by atoms with E-state index in [0.717, 1.165) is 33.2 Å². The van der Waals surface area contributed by atoms with Crippen molar-refractivity contribution in [1.29, 1.82) is 0 Å². The molecule has 0 radical (unpaired) electrons. The van der Waals surface area contributed by atoms with Crippen molar-refractivity contribution < 1.29 is 41.2 Å². The van der Waals surface area contributed by atoms with E-state index in [1.165, 1.54) is 6.08 Å². The standard InChI is InChI=1S/C15H14O2.C11H8O2.C3H3ClO.CH3.BrH.Mg/c1-3-15(16)17-11(2)13-10-6-8-12-7-4-5-9-14(12)13;12-11(13)10-7-3-5-8-4-1-2-6-9(8)10;1-2-3(4)5;;;/h3-11H,1H2,2H3;1-7H,(H,12,13);2H,1H2;1H3;1H;/q;;;-1;;+2/p-1. The van der Waals surface area contributed by atoms with Gasteiger partial charge in [0.05, 0.1) is 5.56 Å². The minimum atomic E-state index is -0.878. The number of aromatic carboxylic acids is 1. The van der Waals surface area contributed by atoms with E-state index in [9.17, 15) is 14.4 Å². The molecule has 194 valence electrons. The summed E-state index contributed by atoms with van der Waals surface area (Å²) in [5.41, 5.74) is 1.37. The zero-order valence-electron chi connectivity index (χ0n) is 21.3. The molecule has 38 heavy (non-hydrogen) atoms. The first-order valence-electron chi connectivity index (χ1n) is 10.6. The molecular weight excluding hydrogens is 580 g/mol. The Hall–Kier alpha value is -2.97. The van der Waals surface area contributed by atoms with E-state index in [4.69, 9.17) is 21.4 Å². The van der Waals surface area contributed by atoms with Crippen molar-refractivity contribution in [1.82, 2.24) is 0 Å². The van der Waals surface area contributed by atoms with Crippen molar-refractivity contribution in [2.24, 2.45) is 0 Å². The number of allylic oxidation sites excluding steroid dienone is 1. The average Bonchev–Trinajstić information content (AvgIpc) is 2.88. The van der Waals surface area contributed by atoms with E-state index in [-0.39, 0.29) is 53.6 Å². The van der Waals surface area contributed by atoms with Crippen molar-refractivity contribution in [3.8, 4) is 0 Å². The second-order valence-electron chi connectivity index (χ2n) is 7.19. The number of hydrogen-bond acceptors (Lipinski definition) is 4. The number of halogens is 2.